The summed E-state index contributed by atoms with van der Waals surface area (Å²) in [5, 5.41) is 3.40. The summed E-state index contributed by atoms with van der Waals surface area (Å²) in [7, 11) is 7.75. The molecule has 0 bridgehead atoms. The summed E-state index contributed by atoms with van der Waals surface area (Å²) in [5.41, 5.74) is 6.43. The van der Waals surface area contributed by atoms with Gasteiger partial charge in [-0.15, -0.1) is 0 Å². The molecule has 1 saturated heterocycles. The summed E-state index contributed by atoms with van der Waals surface area (Å²) in [6.07, 6.45) is 4.42. The molecule has 1 aromatic heterocycles. The number of carbonyl (C=O) groups is 1. The molecule has 1 aliphatic rings. The van der Waals surface area contributed by atoms with E-state index in [1.54, 1.807) is 7.05 Å². The van der Waals surface area contributed by atoms with Gasteiger partial charge in [0.1, 0.15) is 0 Å². The molecule has 1 atom stereocenters. The first-order valence-electron chi connectivity index (χ1n) is 8.34. The largest absolute Gasteiger partial charge is 0.370 e. The van der Waals surface area contributed by atoms with Gasteiger partial charge in [-0.2, -0.15) is 0 Å². The lowest BCUT2D eigenvalue weighted by atomic mass is 9.95. The number of hydrogen-bond acceptors (Lipinski definition) is 4. The quantitative estimate of drug-likeness (QED) is 0.590. The van der Waals surface area contributed by atoms with Gasteiger partial charge < -0.3 is 25.4 Å². The SMILES string of the molecule is CN=C(NCc1cnc(N(C)C)n1C)N1CCCC(CC(N)=O)C1. The number of imidazole rings is 1. The Labute approximate surface area is 143 Å². The maximum absolute atomic E-state index is 11.2. The fourth-order valence-corrected chi connectivity index (χ4v) is 3.22. The van der Waals surface area contributed by atoms with Crippen LogP contribution in [0.1, 0.15) is 25.0 Å². The van der Waals surface area contributed by atoms with E-state index < -0.39 is 0 Å². The van der Waals surface area contributed by atoms with Crippen LogP contribution in [0.5, 0.6) is 0 Å². The van der Waals surface area contributed by atoms with Crippen LogP contribution in [0, 0.1) is 5.92 Å². The van der Waals surface area contributed by atoms with Gasteiger partial charge >= 0.3 is 0 Å². The van der Waals surface area contributed by atoms with E-state index in [4.69, 9.17) is 5.73 Å². The van der Waals surface area contributed by atoms with Crippen molar-refractivity contribution in [3.63, 3.8) is 0 Å². The molecule has 24 heavy (non-hydrogen) atoms. The summed E-state index contributed by atoms with van der Waals surface area (Å²) >= 11 is 0. The molecule has 2 rings (SSSR count). The molecular weight excluding hydrogens is 306 g/mol. The number of nitrogens with two attached hydrogens (primary N) is 1. The van der Waals surface area contributed by atoms with E-state index in [9.17, 15) is 4.79 Å². The van der Waals surface area contributed by atoms with Gasteiger partial charge in [-0.1, -0.05) is 0 Å². The van der Waals surface area contributed by atoms with Crippen LogP contribution in [-0.2, 0) is 18.4 Å². The molecule has 0 spiro atoms. The molecule has 0 radical (unpaired) electrons. The molecule has 2 heterocycles. The maximum Gasteiger partial charge on any atom is 0.217 e. The van der Waals surface area contributed by atoms with Crippen LogP contribution in [0.2, 0.25) is 0 Å². The molecule has 134 valence electrons. The van der Waals surface area contributed by atoms with Crippen molar-refractivity contribution in [3.05, 3.63) is 11.9 Å². The predicted molar refractivity (Wildman–Crippen MR) is 95.8 cm³/mol. The molecule has 8 heteroatoms. The first-order valence-corrected chi connectivity index (χ1v) is 8.34. The molecule has 0 saturated carbocycles. The molecule has 1 unspecified atom stereocenters. The van der Waals surface area contributed by atoms with Gasteiger partial charge in [0.15, 0.2) is 5.96 Å². The van der Waals surface area contributed by atoms with Crippen molar-refractivity contribution in [3.8, 4) is 0 Å². The first-order chi connectivity index (χ1) is 11.4. The topological polar surface area (TPSA) is 91.8 Å². The van der Waals surface area contributed by atoms with Crippen molar-refractivity contribution >= 4 is 17.8 Å². The maximum atomic E-state index is 11.2. The van der Waals surface area contributed by atoms with Gasteiger partial charge in [0.2, 0.25) is 11.9 Å². The Kier molecular flexibility index (Phi) is 6.05. The molecule has 3 N–H and O–H groups in total. The highest BCUT2D eigenvalue weighted by Crippen LogP contribution is 2.19. The van der Waals surface area contributed by atoms with E-state index in [1.807, 2.05) is 32.2 Å². The lowest BCUT2D eigenvalue weighted by Crippen LogP contribution is -2.47. The van der Waals surface area contributed by atoms with Crippen LogP contribution in [0.3, 0.4) is 0 Å². The zero-order valence-corrected chi connectivity index (χ0v) is 15.1. The highest BCUT2D eigenvalue weighted by molar-refractivity contribution is 5.80. The average Bonchev–Trinajstić information content (AvgIpc) is 2.89. The van der Waals surface area contributed by atoms with Crippen LogP contribution >= 0.6 is 0 Å². The Morgan fingerprint density at radius 3 is 2.88 bits per heavy atom. The van der Waals surface area contributed by atoms with Gasteiger partial charge in [-0.25, -0.2) is 4.98 Å². The normalized spacial score (nSPS) is 18.6. The van der Waals surface area contributed by atoms with E-state index in [0.29, 0.717) is 18.9 Å². The Morgan fingerprint density at radius 1 is 1.54 bits per heavy atom. The number of carbonyl (C=O) groups excluding carboxylic acids is 1. The lowest BCUT2D eigenvalue weighted by Gasteiger charge is -2.34. The standard InChI is InChI=1S/C16H29N7O/c1-18-15(23-7-5-6-12(11-23)8-14(17)24)19-9-13-10-20-16(21(2)3)22(13)4/h10,12H,5-9,11H2,1-4H3,(H2,17,24)(H,18,19). The minimum absolute atomic E-state index is 0.226. The minimum atomic E-state index is -0.226. The zero-order valence-electron chi connectivity index (χ0n) is 15.1. The van der Waals surface area contributed by atoms with E-state index >= 15 is 0 Å². The smallest absolute Gasteiger partial charge is 0.217 e. The van der Waals surface area contributed by atoms with Crippen molar-refractivity contribution in [1.29, 1.82) is 0 Å². The molecule has 8 nitrogen and oxygen atoms in total. The van der Waals surface area contributed by atoms with Crippen LogP contribution < -0.4 is 16.0 Å². The van der Waals surface area contributed by atoms with Gasteiger partial charge in [-0.05, 0) is 18.8 Å². The number of aromatic nitrogens is 2. The van der Waals surface area contributed by atoms with Crippen molar-refractivity contribution in [2.45, 2.75) is 25.8 Å². The number of guanidine groups is 1. The number of aliphatic imine (C=N–C) groups is 1. The molecular formula is C16H29N7O. The lowest BCUT2D eigenvalue weighted by molar-refractivity contribution is -0.119. The summed E-state index contributed by atoms with van der Waals surface area (Å²) in [6, 6.07) is 0. The average molecular weight is 335 g/mol. The van der Waals surface area contributed by atoms with Crippen LogP contribution in [0.15, 0.2) is 11.2 Å². The molecule has 1 aliphatic heterocycles. The van der Waals surface area contributed by atoms with Crippen LogP contribution in [-0.4, -0.2) is 60.6 Å². The molecule has 1 amide bonds. The van der Waals surface area contributed by atoms with E-state index in [2.05, 4.69) is 24.8 Å². The number of hydrogen-bond donors (Lipinski definition) is 2. The van der Waals surface area contributed by atoms with Crippen LogP contribution in [0.4, 0.5) is 5.95 Å². The van der Waals surface area contributed by atoms with Gasteiger partial charge in [0.25, 0.3) is 0 Å². The summed E-state index contributed by atoms with van der Waals surface area (Å²) < 4.78 is 2.06. The van der Waals surface area contributed by atoms with Gasteiger partial charge in [0, 0.05) is 47.7 Å². The zero-order chi connectivity index (χ0) is 17.7. The Bertz CT molecular complexity index is 593. The Hall–Kier alpha value is -2.25. The summed E-state index contributed by atoms with van der Waals surface area (Å²) in [6.45, 7) is 2.42. The number of nitrogens with zero attached hydrogens (tertiary/aromatic N) is 5. The highest BCUT2D eigenvalue weighted by Gasteiger charge is 2.23. The van der Waals surface area contributed by atoms with Crippen molar-refractivity contribution in [2.24, 2.45) is 23.7 Å². The second kappa shape index (κ2) is 8.03. The Balaban J connectivity index is 1.96. The second-order valence-corrected chi connectivity index (χ2v) is 6.53. The molecule has 0 aliphatic carbocycles. The van der Waals surface area contributed by atoms with Crippen molar-refractivity contribution in [1.82, 2.24) is 19.8 Å². The van der Waals surface area contributed by atoms with Crippen LogP contribution in [0.25, 0.3) is 0 Å². The fraction of sp³-hybridized carbons (Fsp3) is 0.688. The number of likely N-dealkylation sites (tertiary alicyclic amines) is 1. The molecule has 1 aromatic rings. The predicted octanol–water partition coefficient (Wildman–Crippen LogP) is 0.149. The number of anilines is 1. The van der Waals surface area contributed by atoms with E-state index in [0.717, 1.165) is 43.5 Å². The highest BCUT2D eigenvalue weighted by atomic mass is 16.1. The Morgan fingerprint density at radius 2 is 2.29 bits per heavy atom. The van der Waals surface area contributed by atoms with Crippen molar-refractivity contribution < 1.29 is 4.79 Å². The van der Waals surface area contributed by atoms with Gasteiger partial charge in [-0.3, -0.25) is 9.79 Å². The molecule has 0 aromatic carbocycles. The van der Waals surface area contributed by atoms with Crippen molar-refractivity contribution in [2.75, 3.05) is 39.1 Å². The van der Waals surface area contributed by atoms with Gasteiger partial charge in [0.05, 0.1) is 18.4 Å². The second-order valence-electron chi connectivity index (χ2n) is 6.53. The first kappa shape index (κ1) is 18.1. The third kappa shape index (κ3) is 4.39. The third-order valence-electron chi connectivity index (χ3n) is 4.41. The number of amides is 1. The minimum Gasteiger partial charge on any atom is -0.370 e. The molecule has 1 fully saturated rings. The van der Waals surface area contributed by atoms with E-state index in [-0.39, 0.29) is 5.91 Å². The fourth-order valence-electron chi connectivity index (χ4n) is 3.22. The number of rotatable bonds is 5. The summed E-state index contributed by atoms with van der Waals surface area (Å²) in [4.78, 5) is 24.2. The van der Waals surface area contributed by atoms with E-state index in [1.165, 1.54) is 0 Å². The number of primary amides is 1. The number of nitrogens with one attached hydrogen (secondary N) is 1. The third-order valence-corrected chi connectivity index (χ3v) is 4.41. The number of piperidine rings is 1. The summed E-state index contributed by atoms with van der Waals surface area (Å²) in [5.74, 6) is 1.86. The monoisotopic (exact) mass is 335 g/mol.